The molecule has 0 aliphatic heterocycles. The van der Waals surface area contributed by atoms with E-state index in [1.54, 1.807) is 38.1 Å². The van der Waals surface area contributed by atoms with Crippen LogP contribution in [0.25, 0.3) is 0 Å². The minimum absolute atomic E-state index is 0.107. The topological polar surface area (TPSA) is 76.7 Å². The normalized spacial score (nSPS) is 11.3. The van der Waals surface area contributed by atoms with Crippen molar-refractivity contribution in [2.24, 2.45) is 0 Å². The Morgan fingerprint density at radius 3 is 2.22 bits per heavy atom. The van der Waals surface area contributed by atoms with Crippen LogP contribution in [-0.4, -0.2) is 19.2 Å². The van der Waals surface area contributed by atoms with Gasteiger partial charge < -0.3 is 19.7 Å². The Hall–Kier alpha value is -2.28. The summed E-state index contributed by atoms with van der Waals surface area (Å²) in [6, 6.07) is 8.58. The first-order chi connectivity index (χ1) is 12.8. The summed E-state index contributed by atoms with van der Waals surface area (Å²) in [5, 5.41) is 4.74. The second-order valence-corrected chi connectivity index (χ2v) is 7.56. The molecule has 27 heavy (non-hydrogen) atoms. The smallest absolute Gasteiger partial charge is 0.309 e. The molecule has 6 nitrogen and oxygen atoms in total. The summed E-state index contributed by atoms with van der Waals surface area (Å²) < 4.78 is 49.7. The van der Waals surface area contributed by atoms with Crippen molar-refractivity contribution in [2.75, 3.05) is 23.8 Å². The van der Waals surface area contributed by atoms with Crippen LogP contribution < -0.4 is 10.6 Å². The molecule has 2 N–H and O–H groups in total. The summed E-state index contributed by atoms with van der Waals surface area (Å²) in [6.07, 6.45) is 0.107. The van der Waals surface area contributed by atoms with Crippen molar-refractivity contribution in [1.29, 1.82) is 0 Å². The second kappa shape index (κ2) is 9.60. The van der Waals surface area contributed by atoms with Gasteiger partial charge in [0, 0.05) is 11.8 Å². The van der Waals surface area contributed by atoms with Crippen LogP contribution in [0.2, 0.25) is 0 Å². The Morgan fingerprint density at radius 1 is 1.00 bits per heavy atom. The first-order valence-electron chi connectivity index (χ1n) is 8.35. The quantitative estimate of drug-likeness (QED) is 0.586. The van der Waals surface area contributed by atoms with E-state index in [0.717, 1.165) is 18.2 Å². The van der Waals surface area contributed by atoms with Crippen molar-refractivity contribution in [2.45, 2.75) is 20.0 Å². The van der Waals surface area contributed by atoms with Gasteiger partial charge in [-0.05, 0) is 43.7 Å². The van der Waals surface area contributed by atoms with Crippen LogP contribution in [0.3, 0.4) is 0 Å². The number of nitrogens with one attached hydrogen (secondary N) is 2. The van der Waals surface area contributed by atoms with Crippen molar-refractivity contribution < 1.29 is 27.2 Å². The second-order valence-electron chi connectivity index (χ2n) is 5.50. The maximum atomic E-state index is 13.5. The minimum atomic E-state index is -3.22. The van der Waals surface area contributed by atoms with Gasteiger partial charge in [0.05, 0.1) is 25.1 Å². The van der Waals surface area contributed by atoms with Gasteiger partial charge in [-0.1, -0.05) is 12.1 Å². The van der Waals surface area contributed by atoms with Gasteiger partial charge in [0.2, 0.25) is 0 Å². The van der Waals surface area contributed by atoms with Gasteiger partial charge in [-0.15, -0.1) is 0 Å². The molecule has 0 unspecified atom stereocenters. The zero-order chi connectivity index (χ0) is 19.9. The van der Waals surface area contributed by atoms with Crippen LogP contribution in [0.1, 0.15) is 19.4 Å². The molecule has 0 atom stereocenters. The lowest BCUT2D eigenvalue weighted by Crippen LogP contribution is -2.20. The number of carbonyl (C=O) groups is 1. The molecule has 0 bridgehead atoms. The lowest BCUT2D eigenvalue weighted by molar-refractivity contribution is 0.219. The Kier molecular flexibility index (Phi) is 7.47. The van der Waals surface area contributed by atoms with Crippen LogP contribution >= 0.6 is 7.60 Å². The van der Waals surface area contributed by atoms with Crippen LogP contribution in [0.15, 0.2) is 42.5 Å². The largest absolute Gasteiger partial charge is 0.335 e. The molecular weight excluding hydrogens is 377 g/mol. The number of urea groups is 1. The van der Waals surface area contributed by atoms with E-state index in [9.17, 15) is 18.1 Å². The fourth-order valence-corrected chi connectivity index (χ4v) is 4.02. The van der Waals surface area contributed by atoms with Crippen molar-refractivity contribution in [3.05, 3.63) is 59.7 Å². The molecule has 0 saturated heterocycles. The maximum absolute atomic E-state index is 13.5. The SMILES string of the molecule is CCOP(=O)(Cc1ccc(NC(=O)Nc2cc(F)ccc2F)cc1)OCC. The molecule has 2 amide bonds. The molecule has 0 aliphatic rings. The van der Waals surface area contributed by atoms with E-state index >= 15 is 0 Å². The molecule has 2 rings (SSSR count). The van der Waals surface area contributed by atoms with Gasteiger partial charge in [0.15, 0.2) is 0 Å². The fraction of sp³-hybridized carbons (Fsp3) is 0.278. The van der Waals surface area contributed by atoms with Crippen molar-refractivity contribution >= 4 is 25.0 Å². The van der Waals surface area contributed by atoms with E-state index in [2.05, 4.69) is 10.6 Å². The van der Waals surface area contributed by atoms with Gasteiger partial charge in [-0.25, -0.2) is 13.6 Å². The average Bonchev–Trinajstić information content (AvgIpc) is 2.60. The zero-order valence-corrected chi connectivity index (χ0v) is 15.9. The number of rotatable bonds is 8. The summed E-state index contributed by atoms with van der Waals surface area (Å²) in [6.45, 7) is 4.01. The highest BCUT2D eigenvalue weighted by Gasteiger charge is 2.23. The number of halogens is 2. The average molecular weight is 398 g/mol. The maximum Gasteiger partial charge on any atom is 0.335 e. The number of amides is 2. The molecule has 0 aliphatic carbocycles. The van der Waals surface area contributed by atoms with Gasteiger partial charge in [0.1, 0.15) is 11.6 Å². The van der Waals surface area contributed by atoms with Crippen molar-refractivity contribution in [1.82, 2.24) is 0 Å². The summed E-state index contributed by atoms with van der Waals surface area (Å²) in [5.41, 5.74) is 0.872. The molecule has 2 aromatic carbocycles. The molecule has 9 heteroatoms. The Bertz CT molecular complexity index is 821. The van der Waals surface area contributed by atoms with E-state index < -0.39 is 25.3 Å². The number of hydrogen-bond acceptors (Lipinski definition) is 4. The molecule has 146 valence electrons. The van der Waals surface area contributed by atoms with Crippen LogP contribution in [0.5, 0.6) is 0 Å². The van der Waals surface area contributed by atoms with E-state index in [4.69, 9.17) is 9.05 Å². The molecule has 0 radical (unpaired) electrons. The Balaban J connectivity index is 1.99. The van der Waals surface area contributed by atoms with Crippen LogP contribution in [0.4, 0.5) is 25.0 Å². The molecule has 0 fully saturated rings. The third kappa shape index (κ3) is 6.43. The van der Waals surface area contributed by atoms with Gasteiger partial charge in [-0.3, -0.25) is 4.57 Å². The molecule has 0 heterocycles. The van der Waals surface area contributed by atoms with E-state index in [0.29, 0.717) is 11.3 Å². The van der Waals surface area contributed by atoms with Gasteiger partial charge >= 0.3 is 13.6 Å². The van der Waals surface area contributed by atoms with Crippen LogP contribution in [-0.2, 0) is 19.8 Å². The number of anilines is 2. The summed E-state index contributed by atoms with van der Waals surface area (Å²) in [5.74, 6) is -1.41. The van der Waals surface area contributed by atoms with Gasteiger partial charge in [0.25, 0.3) is 0 Å². The van der Waals surface area contributed by atoms with Crippen LogP contribution in [0, 0.1) is 11.6 Å². The third-order valence-electron chi connectivity index (χ3n) is 3.42. The standard InChI is InChI=1S/C18H21F2N2O4P/c1-3-25-27(24,26-4-2)12-13-5-8-15(9-6-13)21-18(23)22-17-11-14(19)7-10-16(17)20/h5-11H,3-4,12H2,1-2H3,(H2,21,22,23). The fourth-order valence-electron chi connectivity index (χ4n) is 2.32. The lowest BCUT2D eigenvalue weighted by atomic mass is 10.2. The third-order valence-corrected chi connectivity index (χ3v) is 5.47. The first-order valence-corrected chi connectivity index (χ1v) is 10.1. The molecule has 0 aromatic heterocycles. The molecular formula is C18H21F2N2O4P. The predicted octanol–water partition coefficient (Wildman–Crippen LogP) is 5.37. The molecule has 2 aromatic rings. The van der Waals surface area contributed by atoms with Gasteiger partial charge in [-0.2, -0.15) is 0 Å². The number of hydrogen-bond donors (Lipinski definition) is 2. The Labute approximate surface area is 156 Å². The molecule has 0 saturated carbocycles. The van der Waals surface area contributed by atoms with E-state index in [1.807, 2.05) is 0 Å². The van der Waals surface area contributed by atoms with Crippen molar-refractivity contribution in [3.63, 3.8) is 0 Å². The summed E-state index contributed by atoms with van der Waals surface area (Å²) in [7, 11) is -3.22. The minimum Gasteiger partial charge on any atom is -0.309 e. The van der Waals surface area contributed by atoms with E-state index in [-0.39, 0.29) is 25.1 Å². The number of benzene rings is 2. The zero-order valence-electron chi connectivity index (χ0n) is 15.0. The number of carbonyl (C=O) groups excluding carboxylic acids is 1. The Morgan fingerprint density at radius 2 is 1.63 bits per heavy atom. The highest BCUT2D eigenvalue weighted by atomic mass is 31.2. The monoisotopic (exact) mass is 398 g/mol. The predicted molar refractivity (Wildman–Crippen MR) is 100 cm³/mol. The lowest BCUT2D eigenvalue weighted by Gasteiger charge is -2.17. The molecule has 0 spiro atoms. The van der Waals surface area contributed by atoms with E-state index in [1.165, 1.54) is 0 Å². The summed E-state index contributed by atoms with van der Waals surface area (Å²) >= 11 is 0. The highest BCUT2D eigenvalue weighted by molar-refractivity contribution is 7.53. The van der Waals surface area contributed by atoms with Crippen molar-refractivity contribution in [3.8, 4) is 0 Å². The summed E-state index contributed by atoms with van der Waals surface area (Å²) in [4.78, 5) is 11.9. The first kappa shape index (κ1) is 21.0. The highest BCUT2D eigenvalue weighted by Crippen LogP contribution is 2.51.